The molecule has 0 aromatic heterocycles. The first kappa shape index (κ1) is 15.3. The summed E-state index contributed by atoms with van der Waals surface area (Å²) in [5.74, 6) is -0.0389. The zero-order chi connectivity index (χ0) is 15.2. The van der Waals surface area contributed by atoms with Gasteiger partial charge in [0.25, 0.3) is 5.91 Å². The molecule has 0 heterocycles. The summed E-state index contributed by atoms with van der Waals surface area (Å²) in [7, 11) is 0. The number of nitrogens with one attached hydrogen (secondary N) is 1. The summed E-state index contributed by atoms with van der Waals surface area (Å²) in [4.78, 5) is 12.0. The second-order valence-electron chi connectivity index (χ2n) is 5.40. The van der Waals surface area contributed by atoms with Crippen LogP contribution in [-0.4, -0.2) is 12.5 Å². The first-order chi connectivity index (χ1) is 10.1. The molecule has 0 aliphatic carbocycles. The van der Waals surface area contributed by atoms with Gasteiger partial charge >= 0.3 is 0 Å². The third kappa shape index (κ3) is 4.43. The molecule has 2 aromatic carbocycles. The van der Waals surface area contributed by atoms with Crippen LogP contribution in [-0.2, 0) is 13.0 Å². The van der Waals surface area contributed by atoms with E-state index in [0.29, 0.717) is 18.7 Å². The van der Waals surface area contributed by atoms with Crippen LogP contribution >= 0.6 is 0 Å². The number of carbonyl (C=O) groups is 1. The Bertz CT molecular complexity index is 597. The van der Waals surface area contributed by atoms with E-state index < -0.39 is 0 Å². The topological polar surface area (TPSA) is 55.1 Å². The lowest BCUT2D eigenvalue weighted by molar-refractivity contribution is 0.0954. The highest BCUT2D eigenvalue weighted by Gasteiger charge is 2.04. The van der Waals surface area contributed by atoms with E-state index in [1.54, 1.807) is 0 Å². The van der Waals surface area contributed by atoms with E-state index in [1.165, 1.54) is 16.7 Å². The largest absolute Gasteiger partial charge is 0.352 e. The van der Waals surface area contributed by atoms with Crippen molar-refractivity contribution in [3.05, 3.63) is 70.3 Å². The molecule has 1 amide bonds. The summed E-state index contributed by atoms with van der Waals surface area (Å²) in [5, 5.41) is 2.95. The van der Waals surface area contributed by atoms with E-state index in [1.807, 2.05) is 24.3 Å². The number of nitrogens with two attached hydrogens (primary N) is 1. The highest BCUT2D eigenvalue weighted by molar-refractivity contribution is 5.94. The minimum atomic E-state index is -0.0389. The molecule has 21 heavy (non-hydrogen) atoms. The number of carbonyl (C=O) groups excluding carboxylic acids is 1. The summed E-state index contributed by atoms with van der Waals surface area (Å²) in [5.41, 5.74) is 11.0. The Morgan fingerprint density at radius 3 is 2.19 bits per heavy atom. The Labute approximate surface area is 126 Å². The smallest absolute Gasteiger partial charge is 0.251 e. The van der Waals surface area contributed by atoms with Crippen LogP contribution in [0.3, 0.4) is 0 Å². The average molecular weight is 282 g/mol. The van der Waals surface area contributed by atoms with Gasteiger partial charge in [-0.1, -0.05) is 41.5 Å². The van der Waals surface area contributed by atoms with Crippen molar-refractivity contribution >= 4 is 5.91 Å². The average Bonchev–Trinajstić information content (AvgIpc) is 2.46. The molecule has 0 fully saturated rings. The molecule has 3 heteroatoms. The molecule has 2 aromatic rings. The van der Waals surface area contributed by atoms with Crippen LogP contribution in [0.15, 0.2) is 42.5 Å². The van der Waals surface area contributed by atoms with E-state index >= 15 is 0 Å². The van der Waals surface area contributed by atoms with Crippen LogP contribution < -0.4 is 11.1 Å². The number of hydrogen-bond acceptors (Lipinski definition) is 2. The summed E-state index contributed by atoms with van der Waals surface area (Å²) in [6, 6.07) is 13.9. The van der Waals surface area contributed by atoms with Gasteiger partial charge in [-0.05, 0) is 43.5 Å². The van der Waals surface area contributed by atoms with Crippen molar-refractivity contribution in [1.82, 2.24) is 5.32 Å². The summed E-state index contributed by atoms with van der Waals surface area (Å²) >= 11 is 0. The molecule has 0 saturated carbocycles. The number of hydrogen-bond donors (Lipinski definition) is 2. The molecule has 3 N–H and O–H groups in total. The Balaban J connectivity index is 1.88. The summed E-state index contributed by atoms with van der Waals surface area (Å²) in [6.45, 7) is 5.32. The lowest BCUT2D eigenvalue weighted by Gasteiger charge is -2.07. The van der Waals surface area contributed by atoms with Crippen molar-refractivity contribution in [2.75, 3.05) is 6.54 Å². The van der Waals surface area contributed by atoms with Gasteiger partial charge in [-0.25, -0.2) is 0 Å². The fourth-order valence-electron chi connectivity index (χ4n) is 2.43. The second-order valence-corrected chi connectivity index (χ2v) is 5.40. The number of benzene rings is 2. The van der Waals surface area contributed by atoms with Gasteiger partial charge in [-0.3, -0.25) is 4.79 Å². The second kappa shape index (κ2) is 7.04. The quantitative estimate of drug-likeness (QED) is 0.886. The van der Waals surface area contributed by atoms with Crippen LogP contribution in [0.25, 0.3) is 0 Å². The molecule has 0 spiro atoms. The van der Waals surface area contributed by atoms with Crippen LogP contribution in [0, 0.1) is 13.8 Å². The minimum Gasteiger partial charge on any atom is -0.352 e. The monoisotopic (exact) mass is 282 g/mol. The molecular weight excluding hydrogens is 260 g/mol. The highest BCUT2D eigenvalue weighted by atomic mass is 16.1. The molecule has 0 aliphatic rings. The fraction of sp³-hybridized carbons (Fsp3) is 0.278. The van der Waals surface area contributed by atoms with Crippen molar-refractivity contribution < 1.29 is 4.79 Å². The minimum absolute atomic E-state index is 0.0389. The van der Waals surface area contributed by atoms with Crippen LogP contribution in [0.5, 0.6) is 0 Å². The first-order valence-electron chi connectivity index (χ1n) is 7.23. The lowest BCUT2D eigenvalue weighted by Crippen LogP contribution is -2.25. The maximum absolute atomic E-state index is 12.0. The van der Waals surface area contributed by atoms with Crippen molar-refractivity contribution in [1.29, 1.82) is 0 Å². The molecule has 0 bridgehead atoms. The molecular formula is C18H22N2O. The van der Waals surface area contributed by atoms with E-state index in [4.69, 9.17) is 5.73 Å². The number of rotatable bonds is 5. The molecule has 3 nitrogen and oxygen atoms in total. The Hall–Kier alpha value is -2.13. The normalized spacial score (nSPS) is 10.4. The van der Waals surface area contributed by atoms with Crippen molar-refractivity contribution in [3.63, 3.8) is 0 Å². The maximum Gasteiger partial charge on any atom is 0.251 e. The Kier molecular flexibility index (Phi) is 5.12. The molecule has 0 radical (unpaired) electrons. The number of amides is 1. The standard InChI is InChI=1S/C18H22N2O/c1-13-9-14(2)11-16(10-13)7-8-20-18(21)17-5-3-15(12-19)4-6-17/h3-6,9-11H,7-8,12,19H2,1-2H3,(H,20,21). The molecule has 2 rings (SSSR count). The van der Waals surface area contributed by atoms with Crippen molar-refractivity contribution in [3.8, 4) is 0 Å². The third-order valence-corrected chi connectivity index (χ3v) is 3.43. The number of aryl methyl sites for hydroxylation is 2. The van der Waals surface area contributed by atoms with Crippen LogP contribution in [0.4, 0.5) is 0 Å². The van der Waals surface area contributed by atoms with Gasteiger partial charge in [0.2, 0.25) is 0 Å². The molecule has 0 atom stereocenters. The molecule has 0 unspecified atom stereocenters. The van der Waals surface area contributed by atoms with Gasteiger partial charge in [-0.15, -0.1) is 0 Å². The van der Waals surface area contributed by atoms with E-state index in [9.17, 15) is 4.79 Å². The van der Waals surface area contributed by atoms with Gasteiger partial charge in [0.15, 0.2) is 0 Å². The van der Waals surface area contributed by atoms with E-state index in [0.717, 1.165) is 12.0 Å². The van der Waals surface area contributed by atoms with Gasteiger partial charge in [0, 0.05) is 18.7 Å². The Morgan fingerprint density at radius 1 is 1.00 bits per heavy atom. The lowest BCUT2D eigenvalue weighted by atomic mass is 10.1. The SMILES string of the molecule is Cc1cc(C)cc(CCNC(=O)c2ccc(CN)cc2)c1. The van der Waals surface area contributed by atoms with Crippen LogP contribution in [0.1, 0.15) is 32.6 Å². The molecule has 0 saturated heterocycles. The predicted molar refractivity (Wildman–Crippen MR) is 86.3 cm³/mol. The van der Waals surface area contributed by atoms with Gasteiger partial charge in [0.1, 0.15) is 0 Å². The van der Waals surface area contributed by atoms with E-state index in [2.05, 4.69) is 37.4 Å². The van der Waals surface area contributed by atoms with Crippen molar-refractivity contribution in [2.45, 2.75) is 26.8 Å². The van der Waals surface area contributed by atoms with E-state index in [-0.39, 0.29) is 5.91 Å². The highest BCUT2D eigenvalue weighted by Crippen LogP contribution is 2.09. The molecule has 110 valence electrons. The third-order valence-electron chi connectivity index (χ3n) is 3.43. The van der Waals surface area contributed by atoms with Gasteiger partial charge in [0.05, 0.1) is 0 Å². The van der Waals surface area contributed by atoms with Crippen LogP contribution in [0.2, 0.25) is 0 Å². The zero-order valence-corrected chi connectivity index (χ0v) is 12.6. The first-order valence-corrected chi connectivity index (χ1v) is 7.23. The summed E-state index contributed by atoms with van der Waals surface area (Å²) < 4.78 is 0. The predicted octanol–water partition coefficient (Wildman–Crippen LogP) is 2.73. The van der Waals surface area contributed by atoms with Gasteiger partial charge in [-0.2, -0.15) is 0 Å². The van der Waals surface area contributed by atoms with Gasteiger partial charge < -0.3 is 11.1 Å². The molecule has 0 aliphatic heterocycles. The summed E-state index contributed by atoms with van der Waals surface area (Å²) in [6.07, 6.45) is 0.842. The maximum atomic E-state index is 12.0. The fourth-order valence-corrected chi connectivity index (χ4v) is 2.43. The Morgan fingerprint density at radius 2 is 1.62 bits per heavy atom. The zero-order valence-electron chi connectivity index (χ0n) is 12.6. The van der Waals surface area contributed by atoms with Crippen molar-refractivity contribution in [2.24, 2.45) is 5.73 Å².